The van der Waals surface area contributed by atoms with E-state index in [1.54, 1.807) is 0 Å². The van der Waals surface area contributed by atoms with Crippen LogP contribution in [0.1, 0.15) is 115 Å². The number of aryl methyl sites for hydroxylation is 1. The highest BCUT2D eigenvalue weighted by atomic mass is 16.5. The van der Waals surface area contributed by atoms with Gasteiger partial charge in [-0.2, -0.15) is 0 Å². The maximum Gasteiger partial charge on any atom is 0.108 e. The van der Waals surface area contributed by atoms with Crippen LogP contribution >= 0.6 is 0 Å². The fourth-order valence-corrected chi connectivity index (χ4v) is 4.47. The molecule has 1 aliphatic rings. The molecule has 0 radical (unpaired) electrons. The van der Waals surface area contributed by atoms with E-state index in [1.807, 2.05) is 10.9 Å². The van der Waals surface area contributed by atoms with Crippen molar-refractivity contribution in [2.45, 2.75) is 141 Å². The van der Waals surface area contributed by atoms with Gasteiger partial charge >= 0.3 is 0 Å². The molecule has 0 aliphatic carbocycles. The standard InChI is InChI=1S/C26H50N4O3/c1-2-3-4-5-6-7-8-9-10-11-12-13-14-15-16-17-18-30-19-23(28-29-30)20-32-22-25-26(31)24(27)21-33-25/h19,24-26,31H,2-18,20-22,27H2,1H3/t24-,25-,26+/m0/s1. The molecule has 3 atom stereocenters. The Morgan fingerprint density at radius 1 is 0.939 bits per heavy atom. The number of aliphatic hydroxyl groups is 1. The molecule has 0 aromatic carbocycles. The summed E-state index contributed by atoms with van der Waals surface area (Å²) >= 11 is 0. The Balaban J connectivity index is 1.34. The van der Waals surface area contributed by atoms with Crippen LogP contribution in [0.3, 0.4) is 0 Å². The highest BCUT2D eigenvalue weighted by molar-refractivity contribution is 4.90. The summed E-state index contributed by atoms with van der Waals surface area (Å²) in [6.45, 7) is 4.27. The molecule has 0 amide bonds. The van der Waals surface area contributed by atoms with Crippen LogP contribution < -0.4 is 5.73 Å². The van der Waals surface area contributed by atoms with Crippen molar-refractivity contribution < 1.29 is 14.6 Å². The first kappa shape index (κ1) is 28.2. The summed E-state index contributed by atoms with van der Waals surface area (Å²) in [4.78, 5) is 0. The van der Waals surface area contributed by atoms with Gasteiger partial charge < -0.3 is 20.3 Å². The lowest BCUT2D eigenvalue weighted by molar-refractivity contribution is -0.0299. The number of ether oxygens (including phenoxy) is 2. The van der Waals surface area contributed by atoms with Gasteiger partial charge in [0.1, 0.15) is 11.8 Å². The Bertz CT molecular complexity index is 584. The Labute approximate surface area is 201 Å². The highest BCUT2D eigenvalue weighted by Gasteiger charge is 2.33. The van der Waals surface area contributed by atoms with E-state index in [-0.39, 0.29) is 12.1 Å². The van der Waals surface area contributed by atoms with Gasteiger partial charge in [-0.25, -0.2) is 0 Å². The number of nitrogens with two attached hydrogens (primary N) is 1. The van der Waals surface area contributed by atoms with Gasteiger partial charge in [0.15, 0.2) is 0 Å². The van der Waals surface area contributed by atoms with E-state index < -0.39 is 6.10 Å². The number of nitrogens with zero attached hydrogens (tertiary/aromatic N) is 3. The van der Waals surface area contributed by atoms with Crippen molar-refractivity contribution in [1.82, 2.24) is 15.0 Å². The number of aromatic nitrogens is 3. The first-order valence-electron chi connectivity index (χ1n) is 13.7. The van der Waals surface area contributed by atoms with Crippen LogP contribution in [-0.4, -0.2) is 51.6 Å². The highest BCUT2D eigenvalue weighted by Crippen LogP contribution is 2.15. The first-order chi connectivity index (χ1) is 16.2. The maximum absolute atomic E-state index is 9.87. The lowest BCUT2D eigenvalue weighted by atomic mass is 10.0. The molecule has 0 unspecified atom stereocenters. The zero-order valence-electron chi connectivity index (χ0n) is 21.1. The average Bonchev–Trinajstić information content (AvgIpc) is 3.40. The minimum absolute atomic E-state index is 0.320. The molecule has 1 saturated heterocycles. The summed E-state index contributed by atoms with van der Waals surface area (Å²) in [6.07, 6.45) is 23.0. The molecule has 33 heavy (non-hydrogen) atoms. The summed E-state index contributed by atoms with van der Waals surface area (Å²) in [5.41, 5.74) is 6.54. The van der Waals surface area contributed by atoms with Crippen LogP contribution in [0.15, 0.2) is 6.20 Å². The molecule has 0 spiro atoms. The van der Waals surface area contributed by atoms with Crippen molar-refractivity contribution in [2.75, 3.05) is 13.2 Å². The van der Waals surface area contributed by atoms with E-state index in [2.05, 4.69) is 17.2 Å². The maximum atomic E-state index is 9.87. The third-order valence-corrected chi connectivity index (χ3v) is 6.68. The molecule has 1 aromatic rings. The fourth-order valence-electron chi connectivity index (χ4n) is 4.47. The van der Waals surface area contributed by atoms with E-state index >= 15 is 0 Å². The largest absolute Gasteiger partial charge is 0.389 e. The number of hydrogen-bond donors (Lipinski definition) is 2. The fraction of sp³-hybridized carbons (Fsp3) is 0.923. The van der Waals surface area contributed by atoms with Crippen molar-refractivity contribution in [3.63, 3.8) is 0 Å². The van der Waals surface area contributed by atoms with Gasteiger partial charge in [0.25, 0.3) is 0 Å². The predicted octanol–water partition coefficient (Wildman–Crippen LogP) is 5.14. The smallest absolute Gasteiger partial charge is 0.108 e. The number of aliphatic hydroxyl groups excluding tert-OH is 1. The normalized spacial score (nSPS) is 20.6. The van der Waals surface area contributed by atoms with Gasteiger partial charge in [-0.15, -0.1) is 5.10 Å². The number of hydrogen-bond acceptors (Lipinski definition) is 6. The third kappa shape index (κ3) is 12.9. The Morgan fingerprint density at radius 3 is 2.00 bits per heavy atom. The second kappa shape index (κ2) is 18.3. The molecule has 0 bridgehead atoms. The van der Waals surface area contributed by atoms with Crippen molar-refractivity contribution in [3.8, 4) is 0 Å². The van der Waals surface area contributed by atoms with Crippen molar-refractivity contribution in [3.05, 3.63) is 11.9 Å². The molecule has 1 aliphatic heterocycles. The molecule has 7 nitrogen and oxygen atoms in total. The van der Waals surface area contributed by atoms with E-state index in [4.69, 9.17) is 15.2 Å². The van der Waals surface area contributed by atoms with Gasteiger partial charge in [-0.1, -0.05) is 108 Å². The predicted molar refractivity (Wildman–Crippen MR) is 133 cm³/mol. The molecular formula is C26H50N4O3. The van der Waals surface area contributed by atoms with Crippen LogP contribution in [-0.2, 0) is 22.6 Å². The van der Waals surface area contributed by atoms with Crippen LogP contribution in [0.4, 0.5) is 0 Å². The van der Waals surface area contributed by atoms with Crippen molar-refractivity contribution in [1.29, 1.82) is 0 Å². The van der Waals surface area contributed by atoms with Crippen molar-refractivity contribution >= 4 is 0 Å². The molecule has 2 heterocycles. The van der Waals surface area contributed by atoms with Gasteiger partial charge in [-0.3, -0.25) is 4.68 Å². The molecule has 3 N–H and O–H groups in total. The van der Waals surface area contributed by atoms with Gasteiger partial charge in [0, 0.05) is 6.54 Å². The monoisotopic (exact) mass is 466 g/mol. The minimum atomic E-state index is -0.657. The number of unbranched alkanes of at least 4 members (excludes halogenated alkanes) is 15. The second-order valence-corrected chi connectivity index (χ2v) is 9.82. The Hall–Kier alpha value is -1.02. The lowest BCUT2D eigenvalue weighted by Crippen LogP contribution is -2.38. The van der Waals surface area contributed by atoms with E-state index in [0.29, 0.717) is 19.8 Å². The lowest BCUT2D eigenvalue weighted by Gasteiger charge is -2.14. The summed E-state index contributed by atoms with van der Waals surface area (Å²) in [5, 5.41) is 18.2. The second-order valence-electron chi connectivity index (χ2n) is 9.82. The molecule has 0 saturated carbocycles. The van der Waals surface area contributed by atoms with Gasteiger partial charge in [0.2, 0.25) is 0 Å². The van der Waals surface area contributed by atoms with Crippen LogP contribution in [0.25, 0.3) is 0 Å². The molecule has 7 heteroatoms. The average molecular weight is 467 g/mol. The zero-order valence-corrected chi connectivity index (χ0v) is 21.1. The van der Waals surface area contributed by atoms with E-state index in [1.165, 1.54) is 96.3 Å². The Morgan fingerprint density at radius 2 is 1.48 bits per heavy atom. The van der Waals surface area contributed by atoms with E-state index in [0.717, 1.165) is 18.7 Å². The minimum Gasteiger partial charge on any atom is -0.389 e. The summed E-state index contributed by atoms with van der Waals surface area (Å²) < 4.78 is 12.9. The summed E-state index contributed by atoms with van der Waals surface area (Å²) in [6, 6.07) is -0.320. The van der Waals surface area contributed by atoms with E-state index in [9.17, 15) is 5.11 Å². The Kier molecular flexibility index (Phi) is 15.7. The van der Waals surface area contributed by atoms with Crippen molar-refractivity contribution in [2.24, 2.45) is 5.73 Å². The van der Waals surface area contributed by atoms with Gasteiger partial charge in [-0.05, 0) is 6.42 Å². The molecule has 1 fully saturated rings. The molecular weight excluding hydrogens is 416 g/mol. The quantitative estimate of drug-likeness (QED) is 0.243. The topological polar surface area (TPSA) is 95.4 Å². The van der Waals surface area contributed by atoms with Crippen LogP contribution in [0, 0.1) is 0 Å². The third-order valence-electron chi connectivity index (χ3n) is 6.68. The molecule has 1 aromatic heterocycles. The van der Waals surface area contributed by atoms with Gasteiger partial charge in [0.05, 0.1) is 38.2 Å². The summed E-state index contributed by atoms with van der Waals surface area (Å²) in [5.74, 6) is 0. The number of rotatable bonds is 21. The first-order valence-corrected chi connectivity index (χ1v) is 13.7. The van der Waals surface area contributed by atoms with Crippen LogP contribution in [0.2, 0.25) is 0 Å². The summed E-state index contributed by atoms with van der Waals surface area (Å²) in [7, 11) is 0. The molecule has 2 rings (SSSR count). The van der Waals surface area contributed by atoms with Crippen LogP contribution in [0.5, 0.6) is 0 Å². The SMILES string of the molecule is CCCCCCCCCCCCCCCCCCn1cc(COC[C@@H]2OC[C@H](N)[C@H]2O)nn1. The zero-order chi connectivity index (χ0) is 23.6. The molecule has 192 valence electrons.